The lowest BCUT2D eigenvalue weighted by molar-refractivity contribution is -0.107. The van der Waals surface area contributed by atoms with Crippen molar-refractivity contribution in [2.24, 2.45) is 0 Å². The van der Waals surface area contributed by atoms with Gasteiger partial charge >= 0.3 is 0 Å². The lowest BCUT2D eigenvalue weighted by Gasteiger charge is -2.06. The number of hydrogen-bond donors (Lipinski definition) is 0. The van der Waals surface area contributed by atoms with Gasteiger partial charge < -0.3 is 9.53 Å². The van der Waals surface area contributed by atoms with Gasteiger partial charge in [0, 0.05) is 6.42 Å². The molecule has 0 amide bonds. The van der Waals surface area contributed by atoms with Crippen molar-refractivity contribution in [3.05, 3.63) is 11.6 Å². The minimum Gasteiger partial charge on any atom is -0.378 e. The maximum atomic E-state index is 10.0. The average molecular weight is 184 g/mol. The lowest BCUT2D eigenvalue weighted by atomic mass is 10.1. The normalized spacial score (nSPS) is 12.2. The molecule has 2 nitrogen and oxygen atoms in total. The van der Waals surface area contributed by atoms with Gasteiger partial charge in [0.2, 0.25) is 0 Å². The molecule has 0 aliphatic rings. The molecule has 0 aliphatic carbocycles. The summed E-state index contributed by atoms with van der Waals surface area (Å²) < 4.78 is 5.41. The van der Waals surface area contributed by atoms with E-state index in [0.29, 0.717) is 12.5 Å². The minimum absolute atomic E-state index is 0.308. The zero-order valence-corrected chi connectivity index (χ0v) is 8.88. The molecular formula is C11H20O2. The second-order valence-corrected chi connectivity index (χ2v) is 3.46. The molecule has 0 spiro atoms. The van der Waals surface area contributed by atoms with E-state index in [2.05, 4.69) is 13.0 Å². The highest BCUT2D eigenvalue weighted by molar-refractivity contribution is 5.49. The third kappa shape index (κ3) is 9.28. The van der Waals surface area contributed by atoms with Crippen LogP contribution in [0.1, 0.15) is 40.0 Å². The van der Waals surface area contributed by atoms with Crippen molar-refractivity contribution in [2.45, 2.75) is 46.1 Å². The maximum absolute atomic E-state index is 10.0. The van der Waals surface area contributed by atoms with Crippen LogP contribution in [0, 0.1) is 0 Å². The minimum atomic E-state index is 0.308. The first-order chi connectivity index (χ1) is 6.16. The summed E-state index contributed by atoms with van der Waals surface area (Å²) in [5.74, 6) is 0. The molecule has 0 saturated carbocycles. The highest BCUT2D eigenvalue weighted by atomic mass is 16.5. The van der Waals surface area contributed by atoms with Gasteiger partial charge in [-0.05, 0) is 33.6 Å². The molecular weight excluding hydrogens is 164 g/mol. The standard InChI is InChI=1S/C11H20O2/c1-10(2)13-9-7-11(3)6-4-5-8-12/h6,8,10H,4-5,7,9H2,1-3H3/b11-6+. The first kappa shape index (κ1) is 12.4. The highest BCUT2D eigenvalue weighted by Crippen LogP contribution is 2.03. The predicted octanol–water partition coefficient (Wildman–Crippen LogP) is 2.73. The van der Waals surface area contributed by atoms with Crippen molar-refractivity contribution < 1.29 is 9.53 Å². The molecule has 0 fully saturated rings. The number of carbonyl (C=O) groups is 1. The maximum Gasteiger partial charge on any atom is 0.120 e. The third-order valence-corrected chi connectivity index (χ3v) is 1.72. The van der Waals surface area contributed by atoms with Gasteiger partial charge in [0.15, 0.2) is 0 Å². The van der Waals surface area contributed by atoms with Crippen LogP contribution in [-0.4, -0.2) is 19.0 Å². The average Bonchev–Trinajstić information content (AvgIpc) is 2.04. The predicted molar refractivity (Wildman–Crippen MR) is 54.8 cm³/mol. The fraction of sp³-hybridized carbons (Fsp3) is 0.727. The van der Waals surface area contributed by atoms with E-state index in [1.54, 1.807) is 0 Å². The van der Waals surface area contributed by atoms with Gasteiger partial charge in [0.05, 0.1) is 12.7 Å². The molecule has 76 valence electrons. The second-order valence-electron chi connectivity index (χ2n) is 3.46. The molecule has 0 saturated heterocycles. The van der Waals surface area contributed by atoms with Crippen molar-refractivity contribution >= 4 is 6.29 Å². The summed E-state index contributed by atoms with van der Waals surface area (Å²) in [7, 11) is 0. The van der Waals surface area contributed by atoms with Gasteiger partial charge in [-0.2, -0.15) is 0 Å². The zero-order valence-electron chi connectivity index (χ0n) is 8.88. The fourth-order valence-corrected chi connectivity index (χ4v) is 0.955. The number of aldehydes is 1. The van der Waals surface area contributed by atoms with Gasteiger partial charge in [-0.1, -0.05) is 11.6 Å². The Hall–Kier alpha value is -0.630. The summed E-state index contributed by atoms with van der Waals surface area (Å²) in [6, 6.07) is 0. The largest absolute Gasteiger partial charge is 0.378 e. The van der Waals surface area contributed by atoms with E-state index in [9.17, 15) is 4.79 Å². The Labute approximate surface area is 81.0 Å². The molecule has 0 unspecified atom stereocenters. The Morgan fingerprint density at radius 3 is 2.62 bits per heavy atom. The molecule has 0 atom stereocenters. The van der Waals surface area contributed by atoms with Crippen molar-refractivity contribution in [2.75, 3.05) is 6.61 Å². The summed E-state index contributed by atoms with van der Waals surface area (Å²) in [6.45, 7) is 6.92. The van der Waals surface area contributed by atoms with E-state index >= 15 is 0 Å². The van der Waals surface area contributed by atoms with E-state index in [0.717, 1.165) is 25.7 Å². The van der Waals surface area contributed by atoms with Gasteiger partial charge in [-0.15, -0.1) is 0 Å². The molecule has 0 aliphatic heterocycles. The summed E-state index contributed by atoms with van der Waals surface area (Å²) in [6.07, 6.45) is 5.82. The Kier molecular flexibility index (Phi) is 7.60. The molecule has 0 aromatic heterocycles. The van der Waals surface area contributed by atoms with Crippen molar-refractivity contribution in [3.63, 3.8) is 0 Å². The molecule has 0 aromatic carbocycles. The van der Waals surface area contributed by atoms with Crippen LogP contribution in [0.25, 0.3) is 0 Å². The molecule has 0 heterocycles. The SMILES string of the molecule is C/C(=C\CCC=O)CCOC(C)C. The number of unbranched alkanes of at least 4 members (excludes halogenated alkanes) is 1. The van der Waals surface area contributed by atoms with Crippen molar-refractivity contribution in [1.29, 1.82) is 0 Å². The highest BCUT2D eigenvalue weighted by Gasteiger charge is 1.94. The molecule has 0 rings (SSSR count). The summed E-state index contributed by atoms with van der Waals surface area (Å²) in [4.78, 5) is 10.0. The van der Waals surface area contributed by atoms with Crippen LogP contribution >= 0.6 is 0 Å². The second kappa shape index (κ2) is 7.99. The summed E-state index contributed by atoms with van der Waals surface area (Å²) >= 11 is 0. The van der Waals surface area contributed by atoms with Crippen LogP contribution in [0.15, 0.2) is 11.6 Å². The van der Waals surface area contributed by atoms with Crippen LogP contribution < -0.4 is 0 Å². The summed E-state index contributed by atoms with van der Waals surface area (Å²) in [5, 5.41) is 0. The molecule has 2 heteroatoms. The number of rotatable bonds is 7. The third-order valence-electron chi connectivity index (χ3n) is 1.72. The van der Waals surface area contributed by atoms with Gasteiger partial charge in [-0.25, -0.2) is 0 Å². The topological polar surface area (TPSA) is 26.3 Å². The van der Waals surface area contributed by atoms with Gasteiger partial charge in [0.25, 0.3) is 0 Å². The van der Waals surface area contributed by atoms with Gasteiger partial charge in [0.1, 0.15) is 6.29 Å². The van der Waals surface area contributed by atoms with Crippen LogP contribution in [0.4, 0.5) is 0 Å². The quantitative estimate of drug-likeness (QED) is 0.345. The van der Waals surface area contributed by atoms with Gasteiger partial charge in [-0.3, -0.25) is 0 Å². The van der Waals surface area contributed by atoms with E-state index < -0.39 is 0 Å². The van der Waals surface area contributed by atoms with Crippen molar-refractivity contribution in [1.82, 2.24) is 0 Å². The molecule has 13 heavy (non-hydrogen) atoms. The molecule has 0 aromatic rings. The smallest absolute Gasteiger partial charge is 0.120 e. The Morgan fingerprint density at radius 1 is 1.38 bits per heavy atom. The zero-order chi connectivity index (χ0) is 10.1. The summed E-state index contributed by atoms with van der Waals surface area (Å²) in [5.41, 5.74) is 1.31. The van der Waals surface area contributed by atoms with E-state index in [-0.39, 0.29) is 0 Å². The van der Waals surface area contributed by atoms with Crippen molar-refractivity contribution in [3.8, 4) is 0 Å². The van der Waals surface area contributed by atoms with Crippen LogP contribution in [-0.2, 0) is 9.53 Å². The monoisotopic (exact) mass is 184 g/mol. The molecule has 0 N–H and O–H groups in total. The first-order valence-electron chi connectivity index (χ1n) is 4.87. The number of allylic oxidation sites excluding steroid dienone is 1. The van der Waals surface area contributed by atoms with Crippen LogP contribution in [0.2, 0.25) is 0 Å². The van der Waals surface area contributed by atoms with E-state index in [1.165, 1.54) is 5.57 Å². The Balaban J connectivity index is 3.43. The molecule has 0 bridgehead atoms. The fourth-order valence-electron chi connectivity index (χ4n) is 0.955. The first-order valence-corrected chi connectivity index (χ1v) is 4.87. The number of carbonyl (C=O) groups excluding carboxylic acids is 1. The molecule has 0 radical (unpaired) electrons. The van der Waals surface area contributed by atoms with Crippen LogP contribution in [0.3, 0.4) is 0 Å². The Morgan fingerprint density at radius 2 is 2.08 bits per heavy atom. The van der Waals surface area contributed by atoms with E-state index in [1.807, 2.05) is 13.8 Å². The number of ether oxygens (including phenoxy) is 1. The number of hydrogen-bond acceptors (Lipinski definition) is 2. The van der Waals surface area contributed by atoms with Crippen LogP contribution in [0.5, 0.6) is 0 Å². The lowest BCUT2D eigenvalue weighted by Crippen LogP contribution is -2.03. The van der Waals surface area contributed by atoms with E-state index in [4.69, 9.17) is 4.74 Å². The Bertz CT molecular complexity index is 159.